The zero-order valence-corrected chi connectivity index (χ0v) is 9.38. The van der Waals surface area contributed by atoms with E-state index < -0.39 is 11.7 Å². The Morgan fingerprint density at radius 3 is 2.71 bits per heavy atom. The fourth-order valence-electron chi connectivity index (χ4n) is 1.45. The van der Waals surface area contributed by atoms with E-state index >= 15 is 0 Å². The second-order valence-electron chi connectivity index (χ2n) is 3.71. The number of alkyl halides is 3. The van der Waals surface area contributed by atoms with Gasteiger partial charge in [-0.2, -0.15) is 18.4 Å². The molecule has 1 rings (SSSR count). The fraction of sp³-hybridized carbons (Fsp3) is 0.417. The lowest BCUT2D eigenvalue weighted by Crippen LogP contribution is -2.20. The molecule has 0 bridgehead atoms. The van der Waals surface area contributed by atoms with Gasteiger partial charge in [0.15, 0.2) is 0 Å². The van der Waals surface area contributed by atoms with Crippen molar-refractivity contribution in [3.05, 3.63) is 35.4 Å². The zero-order chi connectivity index (χ0) is 12.9. The highest BCUT2D eigenvalue weighted by Gasteiger charge is 2.30. The highest BCUT2D eigenvalue weighted by atomic mass is 19.4. The summed E-state index contributed by atoms with van der Waals surface area (Å²) in [6, 6.07) is 6.97. The molecule has 0 aliphatic heterocycles. The lowest BCUT2D eigenvalue weighted by molar-refractivity contribution is -0.137. The molecular formula is C12H13F3N2. The van der Waals surface area contributed by atoms with Crippen LogP contribution in [0.3, 0.4) is 0 Å². The van der Waals surface area contributed by atoms with Crippen LogP contribution < -0.4 is 5.32 Å². The van der Waals surface area contributed by atoms with E-state index in [2.05, 4.69) is 5.32 Å². The first-order valence-electron chi connectivity index (χ1n) is 5.22. The van der Waals surface area contributed by atoms with Gasteiger partial charge in [0.05, 0.1) is 11.6 Å². The second kappa shape index (κ2) is 5.69. The maximum Gasteiger partial charge on any atom is 0.416 e. The molecule has 0 aliphatic carbocycles. The number of nitrogens with zero attached hydrogens (tertiary/aromatic N) is 1. The third kappa shape index (κ3) is 4.08. The molecular weight excluding hydrogens is 229 g/mol. The first-order valence-corrected chi connectivity index (χ1v) is 5.22. The molecule has 1 unspecified atom stereocenters. The molecule has 0 aromatic heterocycles. The van der Waals surface area contributed by atoms with Gasteiger partial charge in [0, 0.05) is 19.0 Å². The van der Waals surface area contributed by atoms with Crippen molar-refractivity contribution in [3.63, 3.8) is 0 Å². The van der Waals surface area contributed by atoms with Gasteiger partial charge in [-0.1, -0.05) is 12.1 Å². The van der Waals surface area contributed by atoms with Crippen molar-refractivity contribution in [3.8, 4) is 6.07 Å². The third-order valence-corrected chi connectivity index (χ3v) is 2.40. The van der Waals surface area contributed by atoms with E-state index in [-0.39, 0.29) is 6.04 Å². The average molecular weight is 242 g/mol. The summed E-state index contributed by atoms with van der Waals surface area (Å²) in [5, 5.41) is 11.4. The average Bonchev–Trinajstić information content (AvgIpc) is 2.28. The largest absolute Gasteiger partial charge is 0.416 e. The number of rotatable bonds is 4. The van der Waals surface area contributed by atoms with Crippen LogP contribution in [0.4, 0.5) is 13.2 Å². The van der Waals surface area contributed by atoms with E-state index in [1.54, 1.807) is 13.0 Å². The van der Waals surface area contributed by atoms with Crippen molar-refractivity contribution in [2.45, 2.75) is 25.6 Å². The molecule has 5 heteroatoms. The summed E-state index contributed by atoms with van der Waals surface area (Å²) in [7, 11) is 0. The first kappa shape index (κ1) is 13.5. The van der Waals surface area contributed by atoms with Gasteiger partial charge >= 0.3 is 6.18 Å². The number of benzene rings is 1. The van der Waals surface area contributed by atoms with E-state index in [0.717, 1.165) is 12.1 Å². The molecule has 0 heterocycles. The molecule has 0 aliphatic rings. The molecule has 1 N–H and O–H groups in total. The maximum absolute atomic E-state index is 12.5. The summed E-state index contributed by atoms with van der Waals surface area (Å²) in [4.78, 5) is 0. The van der Waals surface area contributed by atoms with Crippen LogP contribution in [-0.4, -0.2) is 6.54 Å². The Morgan fingerprint density at radius 2 is 2.12 bits per heavy atom. The Bertz CT molecular complexity index is 407. The maximum atomic E-state index is 12.5. The lowest BCUT2D eigenvalue weighted by Gasteiger charge is -2.15. The van der Waals surface area contributed by atoms with E-state index in [4.69, 9.17) is 5.26 Å². The van der Waals surface area contributed by atoms with Crippen molar-refractivity contribution >= 4 is 0 Å². The predicted molar refractivity (Wildman–Crippen MR) is 58.1 cm³/mol. The summed E-state index contributed by atoms with van der Waals surface area (Å²) in [5.41, 5.74) is -0.0818. The topological polar surface area (TPSA) is 35.8 Å². The molecule has 1 atom stereocenters. The Labute approximate surface area is 98.1 Å². The van der Waals surface area contributed by atoms with Gasteiger partial charge in [-0.3, -0.25) is 0 Å². The summed E-state index contributed by atoms with van der Waals surface area (Å²) < 4.78 is 37.4. The standard InChI is InChI=1S/C12H13F3N2/c1-9(17-7-3-6-16)10-4-2-5-11(8-10)12(13,14)15/h2,4-5,8-9,17H,3,7H2,1H3. The smallest absolute Gasteiger partial charge is 0.309 e. The molecule has 92 valence electrons. The monoisotopic (exact) mass is 242 g/mol. The van der Waals surface area contributed by atoms with Crippen molar-refractivity contribution in [1.29, 1.82) is 5.26 Å². The summed E-state index contributed by atoms with van der Waals surface area (Å²) >= 11 is 0. The Morgan fingerprint density at radius 1 is 1.41 bits per heavy atom. The molecule has 2 nitrogen and oxygen atoms in total. The number of halogens is 3. The molecule has 1 aromatic rings. The lowest BCUT2D eigenvalue weighted by atomic mass is 10.0. The van der Waals surface area contributed by atoms with E-state index in [0.29, 0.717) is 18.5 Å². The van der Waals surface area contributed by atoms with Crippen molar-refractivity contribution in [2.24, 2.45) is 0 Å². The summed E-state index contributed by atoms with van der Waals surface area (Å²) in [6.45, 7) is 2.24. The minimum absolute atomic E-state index is 0.203. The van der Waals surface area contributed by atoms with E-state index in [1.807, 2.05) is 6.07 Å². The van der Waals surface area contributed by atoms with Crippen molar-refractivity contribution in [2.75, 3.05) is 6.54 Å². The normalized spacial score (nSPS) is 13.1. The Balaban J connectivity index is 2.75. The van der Waals surface area contributed by atoms with Crippen LogP contribution in [0.2, 0.25) is 0 Å². The Hall–Kier alpha value is -1.54. The third-order valence-electron chi connectivity index (χ3n) is 2.40. The summed E-state index contributed by atoms with van der Waals surface area (Å²) in [5.74, 6) is 0. The van der Waals surface area contributed by atoms with E-state index in [1.165, 1.54) is 6.07 Å². The van der Waals surface area contributed by atoms with Gasteiger partial charge in [0.1, 0.15) is 0 Å². The van der Waals surface area contributed by atoms with Crippen LogP contribution in [0.15, 0.2) is 24.3 Å². The quantitative estimate of drug-likeness (QED) is 0.822. The van der Waals surface area contributed by atoms with Crippen LogP contribution in [-0.2, 0) is 6.18 Å². The molecule has 0 spiro atoms. The molecule has 0 radical (unpaired) electrons. The number of hydrogen-bond acceptors (Lipinski definition) is 2. The zero-order valence-electron chi connectivity index (χ0n) is 9.38. The van der Waals surface area contributed by atoms with Gasteiger partial charge in [-0.25, -0.2) is 0 Å². The highest BCUT2D eigenvalue weighted by Crippen LogP contribution is 2.30. The predicted octanol–water partition coefficient (Wildman–Crippen LogP) is 3.27. The van der Waals surface area contributed by atoms with Crippen LogP contribution in [0.5, 0.6) is 0 Å². The molecule has 17 heavy (non-hydrogen) atoms. The second-order valence-corrected chi connectivity index (χ2v) is 3.71. The number of nitriles is 1. The van der Waals surface area contributed by atoms with Gasteiger partial charge < -0.3 is 5.32 Å². The van der Waals surface area contributed by atoms with Gasteiger partial charge in [0.2, 0.25) is 0 Å². The van der Waals surface area contributed by atoms with Crippen molar-refractivity contribution in [1.82, 2.24) is 5.32 Å². The highest BCUT2D eigenvalue weighted by molar-refractivity contribution is 5.27. The summed E-state index contributed by atoms with van der Waals surface area (Å²) in [6.07, 6.45) is -3.98. The molecule has 0 fully saturated rings. The minimum atomic E-state index is -4.32. The number of hydrogen-bond donors (Lipinski definition) is 1. The Kier molecular flexibility index (Phi) is 4.53. The molecule has 0 saturated heterocycles. The number of nitrogens with one attached hydrogen (secondary N) is 1. The molecule has 0 saturated carbocycles. The molecule has 1 aromatic carbocycles. The minimum Gasteiger partial charge on any atom is -0.309 e. The van der Waals surface area contributed by atoms with Crippen LogP contribution >= 0.6 is 0 Å². The SMILES string of the molecule is CC(NCCC#N)c1cccc(C(F)(F)F)c1. The van der Waals surface area contributed by atoms with Crippen molar-refractivity contribution < 1.29 is 13.2 Å². The van der Waals surface area contributed by atoms with Gasteiger partial charge in [-0.15, -0.1) is 0 Å². The fourth-order valence-corrected chi connectivity index (χ4v) is 1.45. The van der Waals surface area contributed by atoms with Crippen LogP contribution in [0.1, 0.15) is 30.5 Å². The molecule has 0 amide bonds. The van der Waals surface area contributed by atoms with Crippen LogP contribution in [0, 0.1) is 11.3 Å². The van der Waals surface area contributed by atoms with Gasteiger partial charge in [-0.05, 0) is 24.6 Å². The van der Waals surface area contributed by atoms with Crippen LogP contribution in [0.25, 0.3) is 0 Å². The first-order chi connectivity index (χ1) is 7.95. The van der Waals surface area contributed by atoms with E-state index in [9.17, 15) is 13.2 Å². The van der Waals surface area contributed by atoms with Gasteiger partial charge in [0.25, 0.3) is 0 Å².